The van der Waals surface area contributed by atoms with Crippen molar-refractivity contribution in [1.82, 2.24) is 10.1 Å². The molecule has 0 spiro atoms. The molecule has 2 rings (SSSR count). The van der Waals surface area contributed by atoms with Gasteiger partial charge >= 0.3 is 12.1 Å². The van der Waals surface area contributed by atoms with E-state index in [0.717, 1.165) is 4.90 Å². The zero-order valence-electron chi connectivity index (χ0n) is 16.4. The Kier molecular flexibility index (Phi) is 7.10. The summed E-state index contributed by atoms with van der Waals surface area (Å²) >= 11 is 0. The van der Waals surface area contributed by atoms with Crippen molar-refractivity contribution >= 4 is 22.8 Å². The minimum absolute atomic E-state index is 0.0442. The number of aryl methyl sites for hydroxylation is 1. The highest BCUT2D eigenvalue weighted by molar-refractivity contribution is 5.85. The van der Waals surface area contributed by atoms with Crippen molar-refractivity contribution in [3.05, 3.63) is 23.4 Å². The van der Waals surface area contributed by atoms with Gasteiger partial charge in [0.2, 0.25) is 5.91 Å². The molecule has 1 aromatic heterocycles. The van der Waals surface area contributed by atoms with Gasteiger partial charge in [-0.25, -0.2) is 4.79 Å². The lowest BCUT2D eigenvalue weighted by molar-refractivity contribution is -0.148. The van der Waals surface area contributed by atoms with Crippen molar-refractivity contribution in [3.63, 3.8) is 0 Å². The second-order valence-electron chi connectivity index (χ2n) is 6.67. The number of ether oxygens (including phenoxy) is 1. The summed E-state index contributed by atoms with van der Waals surface area (Å²) in [5.74, 6) is -1.05. The maximum atomic E-state index is 13.0. The van der Waals surface area contributed by atoms with Gasteiger partial charge in [-0.1, -0.05) is 18.5 Å². The summed E-state index contributed by atoms with van der Waals surface area (Å²) in [4.78, 5) is 24.1. The normalized spacial score (nSPS) is 12.8. The lowest BCUT2D eigenvalue weighted by Crippen LogP contribution is -2.40. The molecule has 2 aromatic rings. The van der Waals surface area contributed by atoms with Crippen LogP contribution in [-0.2, 0) is 22.2 Å². The number of rotatable bonds is 9. The Bertz CT molecular complexity index is 879. The number of amides is 1. The molecule has 0 fully saturated rings. The number of carbonyl (C=O) groups excluding carboxylic acids is 1. The van der Waals surface area contributed by atoms with E-state index in [1.807, 2.05) is 6.92 Å². The largest absolute Gasteiger partial charge is 0.493 e. The predicted octanol–water partition coefficient (Wildman–Crippen LogP) is 3.89. The van der Waals surface area contributed by atoms with Crippen LogP contribution < -0.4 is 4.74 Å². The van der Waals surface area contributed by atoms with Gasteiger partial charge < -0.3 is 19.3 Å². The highest BCUT2D eigenvalue weighted by atomic mass is 19.4. The van der Waals surface area contributed by atoms with Crippen LogP contribution in [0.4, 0.5) is 13.2 Å². The summed E-state index contributed by atoms with van der Waals surface area (Å²) < 4.78 is 49.7. The van der Waals surface area contributed by atoms with Crippen molar-refractivity contribution in [2.75, 3.05) is 13.7 Å². The number of likely N-dealkylation sites (N-methyl/N-ethyl adjacent to an activating group) is 1. The van der Waals surface area contributed by atoms with E-state index in [9.17, 15) is 22.8 Å². The monoisotopic (exact) mass is 416 g/mol. The van der Waals surface area contributed by atoms with E-state index in [4.69, 9.17) is 14.4 Å². The number of halogens is 3. The molecule has 1 N–H and O–H groups in total. The zero-order valence-corrected chi connectivity index (χ0v) is 16.4. The molecule has 0 aliphatic carbocycles. The number of aliphatic carboxylic acids is 1. The molecule has 1 atom stereocenters. The number of carboxylic acids is 1. The van der Waals surface area contributed by atoms with Crippen LogP contribution in [0, 0.1) is 0 Å². The van der Waals surface area contributed by atoms with E-state index in [0.29, 0.717) is 30.6 Å². The standard InChI is InChI=1S/C19H23F3N2O5/c1-4-6-12-14(9-8-13-16(12)29-23-17(13)19(20,21)22)28-10-5-7-15(25)24(3)11(2)18(26)27/h8-9,11H,4-7,10H2,1-3H3,(H,26,27)/t11-/m1/s1. The molecule has 0 unspecified atom stereocenters. The molecule has 1 heterocycles. The first-order valence-corrected chi connectivity index (χ1v) is 9.17. The van der Waals surface area contributed by atoms with Crippen molar-refractivity contribution in [3.8, 4) is 5.75 Å². The molecule has 1 aromatic carbocycles. The molecular weight excluding hydrogens is 393 g/mol. The van der Waals surface area contributed by atoms with E-state index < -0.39 is 23.9 Å². The van der Waals surface area contributed by atoms with Crippen LogP contribution in [-0.4, -0.2) is 46.7 Å². The Morgan fingerprint density at radius 1 is 1.34 bits per heavy atom. The van der Waals surface area contributed by atoms with Crippen molar-refractivity contribution in [2.24, 2.45) is 0 Å². The molecule has 0 aliphatic heterocycles. The number of carboxylic acid groups (broad SMARTS) is 1. The number of benzene rings is 1. The molecule has 0 aliphatic rings. The fraction of sp³-hybridized carbons (Fsp3) is 0.526. The molecular formula is C19H23F3N2O5. The number of hydrogen-bond acceptors (Lipinski definition) is 5. The van der Waals surface area contributed by atoms with E-state index in [1.54, 1.807) is 0 Å². The van der Waals surface area contributed by atoms with E-state index in [-0.39, 0.29) is 29.9 Å². The summed E-state index contributed by atoms with van der Waals surface area (Å²) in [6, 6.07) is 1.77. The lowest BCUT2D eigenvalue weighted by Gasteiger charge is -2.21. The zero-order chi connectivity index (χ0) is 21.8. The van der Waals surface area contributed by atoms with Crippen LogP contribution in [0.2, 0.25) is 0 Å². The van der Waals surface area contributed by atoms with Crippen LogP contribution in [0.3, 0.4) is 0 Å². The summed E-state index contributed by atoms with van der Waals surface area (Å²) in [6.07, 6.45) is -3.11. The molecule has 10 heteroatoms. The SMILES string of the molecule is CCCc1c(OCCCC(=O)N(C)[C@H](C)C(=O)O)ccc2c(C(F)(F)F)noc12. The quantitative estimate of drug-likeness (QED) is 0.624. The average Bonchev–Trinajstić information content (AvgIpc) is 3.09. The second-order valence-corrected chi connectivity index (χ2v) is 6.67. The lowest BCUT2D eigenvalue weighted by atomic mass is 10.0. The van der Waals surface area contributed by atoms with Crippen LogP contribution >= 0.6 is 0 Å². The molecule has 0 saturated carbocycles. The van der Waals surface area contributed by atoms with Crippen molar-refractivity contribution in [1.29, 1.82) is 0 Å². The Morgan fingerprint density at radius 3 is 2.62 bits per heavy atom. The Hall–Kier alpha value is -2.78. The van der Waals surface area contributed by atoms with Gasteiger partial charge in [0.25, 0.3) is 0 Å². The number of aromatic nitrogens is 1. The Morgan fingerprint density at radius 2 is 2.03 bits per heavy atom. The maximum absolute atomic E-state index is 13.0. The summed E-state index contributed by atoms with van der Waals surface area (Å²) in [7, 11) is 1.41. The molecule has 0 radical (unpaired) electrons. The number of nitrogens with zero attached hydrogens (tertiary/aromatic N) is 2. The van der Waals surface area contributed by atoms with Gasteiger partial charge in [0, 0.05) is 19.0 Å². The van der Waals surface area contributed by atoms with Gasteiger partial charge in [-0.2, -0.15) is 13.2 Å². The Labute approximate surface area is 165 Å². The first kappa shape index (κ1) is 22.5. The highest BCUT2D eigenvalue weighted by Crippen LogP contribution is 2.38. The van der Waals surface area contributed by atoms with Crippen LogP contribution in [0.1, 0.15) is 44.4 Å². The molecule has 160 valence electrons. The summed E-state index contributed by atoms with van der Waals surface area (Å²) in [6.45, 7) is 3.43. The third kappa shape index (κ3) is 5.18. The van der Waals surface area contributed by atoms with Gasteiger partial charge in [-0.05, 0) is 31.9 Å². The molecule has 1 amide bonds. The first-order chi connectivity index (χ1) is 13.6. The number of alkyl halides is 3. The van der Waals surface area contributed by atoms with Crippen molar-refractivity contribution < 1.29 is 37.1 Å². The van der Waals surface area contributed by atoms with Gasteiger partial charge in [-0.3, -0.25) is 4.79 Å². The smallest absolute Gasteiger partial charge is 0.437 e. The van der Waals surface area contributed by atoms with Gasteiger partial charge in [-0.15, -0.1) is 0 Å². The highest BCUT2D eigenvalue weighted by Gasteiger charge is 2.37. The van der Waals surface area contributed by atoms with Crippen LogP contribution in [0.25, 0.3) is 11.0 Å². The van der Waals surface area contributed by atoms with Crippen LogP contribution in [0.15, 0.2) is 16.7 Å². The molecule has 7 nitrogen and oxygen atoms in total. The van der Waals surface area contributed by atoms with Crippen molar-refractivity contribution in [2.45, 2.75) is 51.7 Å². The summed E-state index contributed by atoms with van der Waals surface area (Å²) in [5, 5.41) is 12.0. The minimum Gasteiger partial charge on any atom is -0.493 e. The topological polar surface area (TPSA) is 92.9 Å². The first-order valence-electron chi connectivity index (χ1n) is 9.17. The van der Waals surface area contributed by atoms with Crippen LogP contribution in [0.5, 0.6) is 5.75 Å². The minimum atomic E-state index is -4.61. The average molecular weight is 416 g/mol. The van der Waals surface area contributed by atoms with Gasteiger partial charge in [0.1, 0.15) is 11.8 Å². The van der Waals surface area contributed by atoms with E-state index >= 15 is 0 Å². The molecule has 29 heavy (non-hydrogen) atoms. The predicted molar refractivity (Wildman–Crippen MR) is 97.6 cm³/mol. The van der Waals surface area contributed by atoms with Gasteiger partial charge in [0.05, 0.1) is 12.0 Å². The Balaban J connectivity index is 2.07. The molecule has 0 saturated heterocycles. The number of fused-ring (bicyclic) bond motifs is 1. The van der Waals surface area contributed by atoms with E-state index in [2.05, 4.69) is 5.16 Å². The van der Waals surface area contributed by atoms with Gasteiger partial charge in [0.15, 0.2) is 11.3 Å². The maximum Gasteiger partial charge on any atom is 0.437 e. The van der Waals surface area contributed by atoms with E-state index in [1.165, 1.54) is 26.1 Å². The third-order valence-electron chi connectivity index (χ3n) is 4.59. The fourth-order valence-corrected chi connectivity index (χ4v) is 2.83. The summed E-state index contributed by atoms with van der Waals surface area (Å²) in [5.41, 5.74) is -0.531. The molecule has 0 bridgehead atoms. The number of hydrogen-bond donors (Lipinski definition) is 1. The third-order valence-corrected chi connectivity index (χ3v) is 4.59. The fourth-order valence-electron chi connectivity index (χ4n) is 2.83. The second kappa shape index (κ2) is 9.15. The number of carbonyl (C=O) groups is 2.